The second kappa shape index (κ2) is 7.70. The summed E-state index contributed by atoms with van der Waals surface area (Å²) < 4.78 is 7.16. The molecule has 0 spiro atoms. The Kier molecular flexibility index (Phi) is 5.85. The smallest absolute Gasteiger partial charge is 0.296 e. The first-order valence-corrected chi connectivity index (χ1v) is 8.36. The molecule has 0 aliphatic carbocycles. The number of nitrogens with one attached hydrogen (secondary N) is 1. The quantitative estimate of drug-likeness (QED) is 0.629. The third kappa shape index (κ3) is 4.39. The van der Waals surface area contributed by atoms with Gasteiger partial charge >= 0.3 is 0 Å². The summed E-state index contributed by atoms with van der Waals surface area (Å²) >= 11 is 6.17. The van der Waals surface area contributed by atoms with Gasteiger partial charge in [0.05, 0.1) is 22.9 Å². The lowest BCUT2D eigenvalue weighted by Crippen LogP contribution is -2.24. The molecule has 1 aromatic carbocycles. The minimum atomic E-state index is -0.730. The topological polar surface area (TPSA) is 73.2 Å². The van der Waals surface area contributed by atoms with Gasteiger partial charge in [-0.05, 0) is 38.0 Å². The van der Waals surface area contributed by atoms with Crippen molar-refractivity contribution in [3.63, 3.8) is 0 Å². The number of Topliss-reactive ketones (excluding diaryl/α,β-unsaturated/α-hetero) is 1. The molecule has 0 radical (unpaired) electrons. The summed E-state index contributed by atoms with van der Waals surface area (Å²) in [6.45, 7) is 8.07. The molecule has 0 unspecified atom stereocenters. The van der Waals surface area contributed by atoms with E-state index in [4.69, 9.17) is 16.3 Å². The first-order chi connectivity index (χ1) is 11.7. The molecule has 2 aromatic rings. The van der Waals surface area contributed by atoms with Crippen LogP contribution in [-0.2, 0) is 11.8 Å². The van der Waals surface area contributed by atoms with Gasteiger partial charge in [-0.15, -0.1) is 0 Å². The van der Waals surface area contributed by atoms with Crippen LogP contribution in [0.1, 0.15) is 35.6 Å². The van der Waals surface area contributed by atoms with E-state index >= 15 is 0 Å². The molecule has 0 fully saturated rings. The molecule has 7 heteroatoms. The van der Waals surface area contributed by atoms with E-state index in [-0.39, 0.29) is 0 Å². The molecule has 1 N–H and O–H groups in total. The molecule has 2 rings (SSSR count). The largest absolute Gasteiger partial charge is 0.492 e. The normalized spacial score (nSPS) is 10.8. The number of amides is 1. The van der Waals surface area contributed by atoms with Crippen molar-refractivity contribution >= 4 is 29.0 Å². The number of aryl methyl sites for hydroxylation is 2. The fourth-order valence-corrected chi connectivity index (χ4v) is 2.59. The number of rotatable bonds is 6. The number of nitrogens with zero attached hydrogens (tertiary/aromatic N) is 2. The summed E-state index contributed by atoms with van der Waals surface area (Å²) in [5.74, 6) is -0.442. The second-order valence-electron chi connectivity index (χ2n) is 6.30. The first kappa shape index (κ1) is 19.0. The maximum Gasteiger partial charge on any atom is 0.296 e. The summed E-state index contributed by atoms with van der Waals surface area (Å²) in [6, 6.07) is 4.88. The highest BCUT2D eigenvalue weighted by Gasteiger charge is 2.24. The van der Waals surface area contributed by atoms with E-state index in [0.717, 1.165) is 0 Å². The Morgan fingerprint density at radius 3 is 2.52 bits per heavy atom. The van der Waals surface area contributed by atoms with Crippen molar-refractivity contribution in [3.05, 3.63) is 40.2 Å². The van der Waals surface area contributed by atoms with E-state index < -0.39 is 11.7 Å². The van der Waals surface area contributed by atoms with Crippen LogP contribution >= 0.6 is 11.6 Å². The zero-order valence-corrected chi connectivity index (χ0v) is 15.8. The highest BCUT2D eigenvalue weighted by molar-refractivity contribution is 6.47. The van der Waals surface area contributed by atoms with Crippen LogP contribution in [0.3, 0.4) is 0 Å². The molecule has 1 aromatic heterocycles. The monoisotopic (exact) mass is 363 g/mol. The van der Waals surface area contributed by atoms with Crippen LogP contribution in [0.25, 0.3) is 0 Å². The predicted molar refractivity (Wildman–Crippen MR) is 97.4 cm³/mol. The van der Waals surface area contributed by atoms with Gasteiger partial charge < -0.3 is 10.1 Å². The van der Waals surface area contributed by atoms with Crippen LogP contribution in [0.5, 0.6) is 5.75 Å². The van der Waals surface area contributed by atoms with E-state index in [0.29, 0.717) is 45.9 Å². The van der Waals surface area contributed by atoms with Crippen molar-refractivity contribution in [2.24, 2.45) is 13.0 Å². The van der Waals surface area contributed by atoms with Crippen LogP contribution < -0.4 is 10.1 Å². The molecule has 1 amide bonds. The average molecular weight is 364 g/mol. The fourth-order valence-electron chi connectivity index (χ4n) is 2.36. The van der Waals surface area contributed by atoms with Gasteiger partial charge in [0.2, 0.25) is 0 Å². The highest BCUT2D eigenvalue weighted by Crippen LogP contribution is 2.28. The van der Waals surface area contributed by atoms with Gasteiger partial charge in [-0.25, -0.2) is 0 Å². The van der Waals surface area contributed by atoms with Crippen LogP contribution in [0.2, 0.25) is 5.02 Å². The Morgan fingerprint density at radius 1 is 1.32 bits per heavy atom. The van der Waals surface area contributed by atoms with Crippen LogP contribution in [0, 0.1) is 19.8 Å². The summed E-state index contributed by atoms with van der Waals surface area (Å²) in [5, 5.41) is 7.11. The fraction of sp³-hybridized carbons (Fsp3) is 0.389. The van der Waals surface area contributed by atoms with Crippen LogP contribution in [0.15, 0.2) is 18.2 Å². The summed E-state index contributed by atoms with van der Waals surface area (Å²) in [7, 11) is 1.73. The molecule has 6 nitrogen and oxygen atoms in total. The zero-order chi connectivity index (χ0) is 18.7. The molecule has 25 heavy (non-hydrogen) atoms. The lowest BCUT2D eigenvalue weighted by molar-refractivity contribution is -0.112. The molecule has 0 saturated carbocycles. The molecular weight excluding hydrogens is 342 g/mol. The number of carbonyl (C=O) groups excluding carboxylic acids is 2. The van der Waals surface area contributed by atoms with Gasteiger partial charge in [-0.2, -0.15) is 5.10 Å². The minimum absolute atomic E-state index is 0.322. The number of halogens is 1. The van der Waals surface area contributed by atoms with Crippen LogP contribution in [-0.4, -0.2) is 28.1 Å². The van der Waals surface area contributed by atoms with Crippen molar-refractivity contribution in [2.45, 2.75) is 27.7 Å². The minimum Gasteiger partial charge on any atom is -0.492 e. The maximum absolute atomic E-state index is 12.4. The zero-order valence-electron chi connectivity index (χ0n) is 15.0. The Bertz CT molecular complexity index is 812. The van der Waals surface area contributed by atoms with Gasteiger partial charge in [0.15, 0.2) is 0 Å². The lowest BCUT2D eigenvalue weighted by Gasteiger charge is -2.11. The molecule has 0 bridgehead atoms. The van der Waals surface area contributed by atoms with Gasteiger partial charge in [0.25, 0.3) is 11.7 Å². The lowest BCUT2D eigenvalue weighted by atomic mass is 10.1. The van der Waals surface area contributed by atoms with Crippen molar-refractivity contribution in [1.29, 1.82) is 0 Å². The number of ketones is 1. The van der Waals surface area contributed by atoms with Gasteiger partial charge in [-0.1, -0.05) is 25.4 Å². The van der Waals surface area contributed by atoms with Crippen LogP contribution in [0.4, 0.5) is 5.69 Å². The third-order valence-corrected chi connectivity index (χ3v) is 4.00. The number of hydrogen-bond acceptors (Lipinski definition) is 4. The van der Waals surface area contributed by atoms with Crippen molar-refractivity contribution in [2.75, 3.05) is 11.9 Å². The van der Waals surface area contributed by atoms with E-state index in [2.05, 4.69) is 10.4 Å². The molecular formula is C18H22ClN3O3. The standard InChI is InChI=1S/C18H22ClN3O3/c1-10(2)9-25-15-7-6-13(8-14(15)19)20-18(24)17(23)16-11(3)21-22(5)12(16)4/h6-8,10H,9H2,1-5H3,(H,20,24). The molecule has 0 aliphatic rings. The second-order valence-corrected chi connectivity index (χ2v) is 6.71. The Hall–Kier alpha value is -2.34. The molecule has 134 valence electrons. The van der Waals surface area contributed by atoms with Crippen molar-refractivity contribution < 1.29 is 14.3 Å². The van der Waals surface area contributed by atoms with E-state index in [1.807, 2.05) is 13.8 Å². The van der Waals surface area contributed by atoms with Gasteiger partial charge in [0, 0.05) is 18.4 Å². The molecule has 0 aliphatic heterocycles. The number of benzene rings is 1. The Labute approximate surface area is 152 Å². The van der Waals surface area contributed by atoms with E-state index in [1.165, 1.54) is 0 Å². The number of hydrogen-bond donors (Lipinski definition) is 1. The Balaban J connectivity index is 2.12. The first-order valence-electron chi connectivity index (χ1n) is 7.99. The number of anilines is 1. The predicted octanol–water partition coefficient (Wildman–Crippen LogP) is 3.55. The van der Waals surface area contributed by atoms with Crippen molar-refractivity contribution in [3.8, 4) is 5.75 Å². The number of aromatic nitrogens is 2. The van der Waals surface area contributed by atoms with Crippen molar-refractivity contribution in [1.82, 2.24) is 9.78 Å². The maximum atomic E-state index is 12.4. The Morgan fingerprint density at radius 2 is 2.00 bits per heavy atom. The van der Waals surface area contributed by atoms with E-state index in [1.54, 1.807) is 43.8 Å². The number of carbonyl (C=O) groups is 2. The summed E-state index contributed by atoms with van der Waals surface area (Å²) in [6.07, 6.45) is 0. The van der Waals surface area contributed by atoms with Gasteiger partial charge in [0.1, 0.15) is 5.75 Å². The summed E-state index contributed by atoms with van der Waals surface area (Å²) in [5.41, 5.74) is 1.92. The molecule has 0 saturated heterocycles. The third-order valence-electron chi connectivity index (χ3n) is 3.70. The SMILES string of the molecule is Cc1nn(C)c(C)c1C(=O)C(=O)Nc1ccc(OCC(C)C)c(Cl)c1. The summed E-state index contributed by atoms with van der Waals surface area (Å²) in [4.78, 5) is 24.7. The number of ether oxygens (including phenoxy) is 1. The van der Waals surface area contributed by atoms with E-state index in [9.17, 15) is 9.59 Å². The highest BCUT2D eigenvalue weighted by atomic mass is 35.5. The van der Waals surface area contributed by atoms with Gasteiger partial charge in [-0.3, -0.25) is 14.3 Å². The molecule has 1 heterocycles. The average Bonchev–Trinajstić information content (AvgIpc) is 2.78. The molecule has 0 atom stereocenters.